The van der Waals surface area contributed by atoms with Gasteiger partial charge in [0.15, 0.2) is 5.96 Å². The van der Waals surface area contributed by atoms with E-state index in [1.807, 2.05) is 0 Å². The first-order valence-corrected chi connectivity index (χ1v) is 11.5. The van der Waals surface area contributed by atoms with Crippen molar-refractivity contribution < 1.29 is 0 Å². The molecule has 2 aliphatic carbocycles. The molecule has 3 aliphatic rings. The summed E-state index contributed by atoms with van der Waals surface area (Å²) in [6, 6.07) is 2.81. The fraction of sp³-hybridized carbons (Fsp3) is 0.762. The van der Waals surface area contributed by atoms with Gasteiger partial charge in [-0.05, 0) is 85.6 Å². The van der Waals surface area contributed by atoms with Crippen molar-refractivity contribution in [1.29, 1.82) is 0 Å². The quantitative estimate of drug-likeness (QED) is 0.316. The Hall–Kier alpha value is -0.340. The topological polar surface area (TPSA) is 39.7 Å². The van der Waals surface area contributed by atoms with E-state index in [9.17, 15) is 0 Å². The van der Waals surface area contributed by atoms with Crippen LogP contribution in [0.3, 0.4) is 0 Å². The summed E-state index contributed by atoms with van der Waals surface area (Å²) in [6.45, 7) is 7.61. The number of rotatable bonds is 8. The van der Waals surface area contributed by atoms with Crippen LogP contribution < -0.4 is 10.6 Å². The van der Waals surface area contributed by atoms with Crippen LogP contribution >= 0.6 is 35.3 Å². The van der Waals surface area contributed by atoms with Gasteiger partial charge in [0, 0.05) is 38.8 Å². The van der Waals surface area contributed by atoms with Crippen molar-refractivity contribution in [2.45, 2.75) is 58.0 Å². The molecule has 0 unspecified atom stereocenters. The third kappa shape index (κ3) is 6.60. The average molecular weight is 503 g/mol. The molecule has 152 valence electrons. The summed E-state index contributed by atoms with van der Waals surface area (Å²) in [7, 11) is 0. The Balaban J connectivity index is 0.00000210. The first-order chi connectivity index (χ1) is 12.8. The predicted molar refractivity (Wildman–Crippen MR) is 126 cm³/mol. The van der Waals surface area contributed by atoms with E-state index >= 15 is 0 Å². The largest absolute Gasteiger partial charge is 0.357 e. The maximum absolute atomic E-state index is 4.99. The summed E-state index contributed by atoms with van der Waals surface area (Å²) in [5, 5.41) is 11.7. The number of halogens is 1. The lowest BCUT2D eigenvalue weighted by atomic mass is 9.98. The Kier molecular flexibility index (Phi) is 8.26. The van der Waals surface area contributed by atoms with Crippen molar-refractivity contribution in [3.05, 3.63) is 22.4 Å². The molecule has 4 nitrogen and oxygen atoms in total. The number of piperidine rings is 1. The molecular formula is C21H35IN4S. The maximum Gasteiger partial charge on any atom is 0.191 e. The molecule has 2 heterocycles. The Morgan fingerprint density at radius 2 is 1.89 bits per heavy atom. The van der Waals surface area contributed by atoms with E-state index in [0.29, 0.717) is 6.04 Å². The Labute approximate surface area is 185 Å². The number of aliphatic imine (C=N–C) groups is 1. The van der Waals surface area contributed by atoms with E-state index < -0.39 is 0 Å². The molecule has 1 aromatic heterocycles. The van der Waals surface area contributed by atoms with Crippen LogP contribution in [0, 0.1) is 17.8 Å². The van der Waals surface area contributed by atoms with Crippen LogP contribution in [-0.4, -0.2) is 43.1 Å². The zero-order chi connectivity index (χ0) is 17.8. The molecule has 4 rings (SSSR count). The van der Waals surface area contributed by atoms with Crippen LogP contribution in [-0.2, 0) is 6.54 Å². The zero-order valence-corrected chi connectivity index (χ0v) is 19.7. The van der Waals surface area contributed by atoms with Crippen molar-refractivity contribution in [3.8, 4) is 0 Å². The number of nitrogens with one attached hydrogen (secondary N) is 2. The highest BCUT2D eigenvalue weighted by Gasteiger charge is 2.41. The normalized spacial score (nSPS) is 21.9. The van der Waals surface area contributed by atoms with Crippen LogP contribution in [0.2, 0.25) is 0 Å². The van der Waals surface area contributed by atoms with Crippen LogP contribution in [0.4, 0.5) is 0 Å². The van der Waals surface area contributed by atoms with E-state index in [-0.39, 0.29) is 24.0 Å². The number of likely N-dealkylation sites (tertiary alicyclic amines) is 1. The molecule has 2 saturated carbocycles. The van der Waals surface area contributed by atoms with Gasteiger partial charge in [-0.2, -0.15) is 11.3 Å². The summed E-state index contributed by atoms with van der Waals surface area (Å²) in [6.07, 6.45) is 8.21. The summed E-state index contributed by atoms with van der Waals surface area (Å²) in [5.74, 6) is 3.87. The lowest BCUT2D eigenvalue weighted by molar-refractivity contribution is 0.198. The van der Waals surface area contributed by atoms with Crippen LogP contribution in [0.15, 0.2) is 21.8 Å². The van der Waals surface area contributed by atoms with Crippen molar-refractivity contribution in [2.24, 2.45) is 22.7 Å². The van der Waals surface area contributed by atoms with Crippen molar-refractivity contribution >= 4 is 41.3 Å². The van der Waals surface area contributed by atoms with Crippen molar-refractivity contribution in [3.63, 3.8) is 0 Å². The van der Waals surface area contributed by atoms with Crippen LogP contribution in [0.25, 0.3) is 0 Å². The number of nitrogens with zero attached hydrogens (tertiary/aromatic N) is 2. The summed E-state index contributed by atoms with van der Waals surface area (Å²) < 4.78 is 0. The molecule has 0 bridgehead atoms. The first kappa shape index (κ1) is 21.4. The molecule has 0 atom stereocenters. The molecule has 6 heteroatoms. The molecule has 1 saturated heterocycles. The molecule has 0 spiro atoms. The second-order valence-corrected chi connectivity index (χ2v) is 9.16. The van der Waals surface area contributed by atoms with E-state index in [0.717, 1.165) is 43.3 Å². The minimum absolute atomic E-state index is 0. The highest BCUT2D eigenvalue weighted by molar-refractivity contribution is 14.0. The van der Waals surface area contributed by atoms with Gasteiger partial charge in [-0.15, -0.1) is 24.0 Å². The fourth-order valence-electron chi connectivity index (χ4n) is 4.32. The minimum Gasteiger partial charge on any atom is -0.357 e. The molecule has 0 aromatic carbocycles. The second kappa shape index (κ2) is 10.4. The van der Waals surface area contributed by atoms with Gasteiger partial charge < -0.3 is 10.6 Å². The van der Waals surface area contributed by atoms with Gasteiger partial charge in [0.2, 0.25) is 0 Å². The molecule has 3 fully saturated rings. The SMILES string of the molecule is CCNC(=NCC(C1CC1)C1CC1)NC1CCN(Cc2ccsc2)CC1.I. The predicted octanol–water partition coefficient (Wildman–Crippen LogP) is 4.32. The van der Waals surface area contributed by atoms with E-state index in [1.165, 1.54) is 57.2 Å². The Morgan fingerprint density at radius 3 is 2.44 bits per heavy atom. The van der Waals surface area contributed by atoms with E-state index in [2.05, 4.69) is 39.3 Å². The molecule has 1 aliphatic heterocycles. The smallest absolute Gasteiger partial charge is 0.191 e. The van der Waals surface area contributed by atoms with E-state index in [4.69, 9.17) is 4.99 Å². The minimum atomic E-state index is 0. The molecule has 0 amide bonds. The van der Waals surface area contributed by atoms with Crippen LogP contribution in [0.1, 0.15) is 51.0 Å². The summed E-state index contributed by atoms with van der Waals surface area (Å²) in [5.41, 5.74) is 1.46. The molecule has 1 aromatic rings. The van der Waals surface area contributed by atoms with E-state index in [1.54, 1.807) is 11.3 Å². The number of hydrogen-bond donors (Lipinski definition) is 2. The third-order valence-electron chi connectivity index (χ3n) is 6.17. The van der Waals surface area contributed by atoms with Gasteiger partial charge in [0.1, 0.15) is 0 Å². The molecule has 2 N–H and O–H groups in total. The van der Waals surface area contributed by atoms with Gasteiger partial charge in [0.25, 0.3) is 0 Å². The molecular weight excluding hydrogens is 467 g/mol. The average Bonchev–Trinajstić information content (AvgIpc) is 3.58. The fourth-order valence-corrected chi connectivity index (χ4v) is 4.98. The maximum atomic E-state index is 4.99. The molecule has 0 radical (unpaired) electrons. The monoisotopic (exact) mass is 502 g/mol. The number of hydrogen-bond acceptors (Lipinski definition) is 3. The van der Waals surface area contributed by atoms with Crippen molar-refractivity contribution in [1.82, 2.24) is 15.5 Å². The van der Waals surface area contributed by atoms with Gasteiger partial charge >= 0.3 is 0 Å². The highest BCUT2D eigenvalue weighted by Crippen LogP contribution is 2.49. The standard InChI is InChI=1S/C21H34N4S.HI/c1-2-22-21(23-13-20(17-3-4-17)18-5-6-18)24-19-7-10-25(11-8-19)14-16-9-12-26-15-16;/h9,12,15,17-20H,2-8,10-11,13-14H2,1H3,(H2,22,23,24);1H. The number of guanidine groups is 1. The third-order valence-corrected chi connectivity index (χ3v) is 6.91. The first-order valence-electron chi connectivity index (χ1n) is 10.6. The summed E-state index contributed by atoms with van der Waals surface area (Å²) in [4.78, 5) is 7.58. The number of thiophene rings is 1. The van der Waals surface area contributed by atoms with Gasteiger partial charge in [-0.1, -0.05) is 0 Å². The van der Waals surface area contributed by atoms with Gasteiger partial charge in [-0.25, -0.2) is 0 Å². The Bertz CT molecular complexity index is 563. The van der Waals surface area contributed by atoms with Gasteiger partial charge in [-0.3, -0.25) is 9.89 Å². The lowest BCUT2D eigenvalue weighted by Crippen LogP contribution is -2.48. The van der Waals surface area contributed by atoms with Crippen molar-refractivity contribution in [2.75, 3.05) is 26.2 Å². The summed E-state index contributed by atoms with van der Waals surface area (Å²) >= 11 is 1.80. The second-order valence-electron chi connectivity index (χ2n) is 8.38. The molecule has 27 heavy (non-hydrogen) atoms. The zero-order valence-electron chi connectivity index (χ0n) is 16.5. The lowest BCUT2D eigenvalue weighted by Gasteiger charge is -2.33. The van der Waals surface area contributed by atoms with Gasteiger partial charge in [0.05, 0.1) is 0 Å². The van der Waals surface area contributed by atoms with Crippen LogP contribution in [0.5, 0.6) is 0 Å². The Morgan fingerprint density at radius 1 is 1.19 bits per heavy atom. The highest BCUT2D eigenvalue weighted by atomic mass is 127.